The molecule has 1 amide bonds. The van der Waals surface area contributed by atoms with E-state index in [9.17, 15) is 24.8 Å². The van der Waals surface area contributed by atoms with Gasteiger partial charge in [-0.15, -0.1) is 0 Å². The third kappa shape index (κ3) is 7.80. The number of nitrogen functional groups attached to an aromatic ring is 1. The highest BCUT2D eigenvalue weighted by atomic mass is 16.6. The first-order chi connectivity index (χ1) is 18.2. The van der Waals surface area contributed by atoms with Crippen LogP contribution in [-0.2, 0) is 9.53 Å². The van der Waals surface area contributed by atoms with Gasteiger partial charge in [-0.3, -0.25) is 14.9 Å². The first-order valence-corrected chi connectivity index (χ1v) is 13.0. The minimum atomic E-state index is -1.18. The van der Waals surface area contributed by atoms with Gasteiger partial charge in [0.1, 0.15) is 12.1 Å². The van der Waals surface area contributed by atoms with Crippen molar-refractivity contribution in [3.05, 3.63) is 33.4 Å². The molecule has 0 radical (unpaired) electrons. The van der Waals surface area contributed by atoms with Gasteiger partial charge in [0.15, 0.2) is 0 Å². The molecule has 13 nitrogen and oxygen atoms in total. The molecule has 2 aliphatic rings. The lowest BCUT2D eigenvalue weighted by molar-refractivity contribution is -0.383. The molecule has 1 aromatic heterocycles. The van der Waals surface area contributed by atoms with Crippen LogP contribution < -0.4 is 15.4 Å². The van der Waals surface area contributed by atoms with Crippen molar-refractivity contribution < 1.29 is 29.1 Å². The van der Waals surface area contributed by atoms with Gasteiger partial charge in [-0.05, 0) is 45.6 Å². The van der Waals surface area contributed by atoms with Gasteiger partial charge in [0.25, 0.3) is 0 Å². The van der Waals surface area contributed by atoms with Crippen molar-refractivity contribution in [2.45, 2.75) is 65.9 Å². The van der Waals surface area contributed by atoms with Gasteiger partial charge in [-0.2, -0.15) is 9.97 Å². The van der Waals surface area contributed by atoms with Crippen molar-refractivity contribution in [3.8, 4) is 6.01 Å². The maximum Gasteiger partial charge on any atom is 0.410 e. The van der Waals surface area contributed by atoms with Crippen molar-refractivity contribution in [2.75, 3.05) is 43.4 Å². The molecule has 3 rings (SSSR count). The van der Waals surface area contributed by atoms with E-state index in [0.29, 0.717) is 32.5 Å². The fourth-order valence-electron chi connectivity index (χ4n) is 4.65. The number of nitro groups is 1. The fraction of sp³-hybridized carbons (Fsp3) is 0.615. The number of nitrogens with two attached hydrogens (primary N) is 1. The Morgan fingerprint density at radius 3 is 2.67 bits per heavy atom. The Morgan fingerprint density at radius 1 is 1.33 bits per heavy atom. The molecule has 3 N–H and O–H groups in total. The molecular weight excluding hydrogens is 508 g/mol. The molecule has 0 fully saturated rings. The highest BCUT2D eigenvalue weighted by Gasteiger charge is 2.37. The van der Waals surface area contributed by atoms with Crippen LogP contribution in [0.1, 0.15) is 60.3 Å². The molecule has 1 unspecified atom stereocenters. The van der Waals surface area contributed by atoms with E-state index in [2.05, 4.69) is 9.97 Å². The summed E-state index contributed by atoms with van der Waals surface area (Å²) in [5.41, 5.74) is 6.35. The lowest BCUT2D eigenvalue weighted by Crippen LogP contribution is -2.43. The number of hydrogen-bond acceptors (Lipinski definition) is 10. The van der Waals surface area contributed by atoms with Gasteiger partial charge >= 0.3 is 23.8 Å². The van der Waals surface area contributed by atoms with E-state index in [1.165, 1.54) is 4.90 Å². The largest absolute Gasteiger partial charge is 0.480 e. The van der Waals surface area contributed by atoms with E-state index in [4.69, 9.17) is 15.2 Å². The maximum absolute atomic E-state index is 12.6. The number of amides is 1. The smallest absolute Gasteiger partial charge is 0.410 e. The third-order valence-corrected chi connectivity index (χ3v) is 6.42. The lowest BCUT2D eigenvalue weighted by Gasteiger charge is -2.40. The van der Waals surface area contributed by atoms with Crippen molar-refractivity contribution >= 4 is 29.4 Å². The Kier molecular flexibility index (Phi) is 9.03. The molecule has 214 valence electrons. The molecule has 0 bridgehead atoms. The van der Waals surface area contributed by atoms with Crippen LogP contribution in [0.4, 0.5) is 22.1 Å². The average molecular weight is 547 g/mol. The lowest BCUT2D eigenvalue weighted by atomic mass is 9.75. The summed E-state index contributed by atoms with van der Waals surface area (Å²) in [6.07, 6.45) is 6.34. The molecule has 1 aliphatic carbocycles. The monoisotopic (exact) mass is 546 g/mol. The minimum Gasteiger partial charge on any atom is -0.480 e. The number of carboxylic acid groups (broad SMARTS) is 1. The predicted molar refractivity (Wildman–Crippen MR) is 145 cm³/mol. The van der Waals surface area contributed by atoms with Gasteiger partial charge in [-0.25, -0.2) is 4.79 Å². The zero-order valence-corrected chi connectivity index (χ0v) is 23.2. The summed E-state index contributed by atoms with van der Waals surface area (Å²) >= 11 is 0. The van der Waals surface area contributed by atoms with Gasteiger partial charge in [0.2, 0.25) is 11.6 Å². The van der Waals surface area contributed by atoms with E-state index in [0.717, 1.165) is 24.0 Å². The summed E-state index contributed by atoms with van der Waals surface area (Å²) in [5, 5.41) is 21.6. The Labute approximate surface area is 227 Å². The molecule has 0 saturated heterocycles. The van der Waals surface area contributed by atoms with E-state index >= 15 is 0 Å². The maximum atomic E-state index is 12.6. The first kappa shape index (κ1) is 29.7. The summed E-state index contributed by atoms with van der Waals surface area (Å²) in [4.78, 5) is 46.7. The zero-order valence-electron chi connectivity index (χ0n) is 23.2. The summed E-state index contributed by atoms with van der Waals surface area (Å²) in [6.45, 7) is 10.2. The second-order valence-corrected chi connectivity index (χ2v) is 11.2. The number of carbonyl (C=O) groups is 2. The van der Waals surface area contributed by atoms with E-state index in [1.54, 1.807) is 4.90 Å². The number of carboxylic acids is 1. The number of aliphatic carboxylic acids is 1. The molecule has 0 spiro atoms. The summed E-state index contributed by atoms with van der Waals surface area (Å²) in [5.74, 6) is -1.77. The molecule has 0 saturated carbocycles. The topological polar surface area (TPSA) is 174 Å². The number of carbonyl (C=O) groups excluding carboxylic acids is 1. The highest BCUT2D eigenvalue weighted by molar-refractivity contribution is 5.77. The van der Waals surface area contributed by atoms with Crippen LogP contribution in [0.25, 0.3) is 0 Å². The van der Waals surface area contributed by atoms with Gasteiger partial charge < -0.3 is 30.1 Å². The van der Waals surface area contributed by atoms with Crippen LogP contribution in [0.5, 0.6) is 6.01 Å². The fourth-order valence-corrected chi connectivity index (χ4v) is 4.65. The SMILES string of the molecule is CCCCOc1nc(N)c([N+](=O)[O-])c(N(CC(=O)O)CC2(C)C=CC3=C(CCN(C(=O)OC(C)(C)C)C3)C2)n1. The molecule has 39 heavy (non-hydrogen) atoms. The average Bonchev–Trinajstić information content (AvgIpc) is 2.81. The van der Waals surface area contributed by atoms with Crippen LogP contribution in [0.2, 0.25) is 0 Å². The summed E-state index contributed by atoms with van der Waals surface area (Å²) in [6, 6.07) is -0.138. The van der Waals surface area contributed by atoms with Crippen LogP contribution in [0.15, 0.2) is 23.3 Å². The Hall–Kier alpha value is -3.90. The van der Waals surface area contributed by atoms with E-state index < -0.39 is 40.0 Å². The molecule has 13 heteroatoms. The van der Waals surface area contributed by atoms with Gasteiger partial charge in [-0.1, -0.05) is 38.0 Å². The molecule has 0 aromatic carbocycles. The zero-order chi connectivity index (χ0) is 29.0. The highest BCUT2D eigenvalue weighted by Crippen LogP contribution is 2.41. The normalized spacial score (nSPS) is 18.9. The summed E-state index contributed by atoms with van der Waals surface area (Å²) in [7, 11) is 0. The molecule has 1 aromatic rings. The number of hydrogen-bond donors (Lipinski definition) is 2. The Morgan fingerprint density at radius 2 is 2.05 bits per heavy atom. The van der Waals surface area contributed by atoms with Crippen molar-refractivity contribution in [3.63, 3.8) is 0 Å². The number of unbranched alkanes of at least 4 members (excludes halogenated alkanes) is 1. The van der Waals surface area contributed by atoms with Crippen molar-refractivity contribution in [2.24, 2.45) is 5.41 Å². The van der Waals surface area contributed by atoms with E-state index in [1.807, 2.05) is 46.8 Å². The van der Waals surface area contributed by atoms with Crippen molar-refractivity contribution in [1.82, 2.24) is 14.9 Å². The Bertz CT molecular complexity index is 1180. The van der Waals surface area contributed by atoms with Crippen LogP contribution in [0.3, 0.4) is 0 Å². The summed E-state index contributed by atoms with van der Waals surface area (Å²) < 4.78 is 11.0. The van der Waals surface area contributed by atoms with Gasteiger partial charge in [0.05, 0.1) is 11.5 Å². The minimum absolute atomic E-state index is 0.119. The second kappa shape index (κ2) is 11.9. The number of rotatable bonds is 10. The third-order valence-electron chi connectivity index (χ3n) is 6.42. The number of aromatic nitrogens is 2. The first-order valence-electron chi connectivity index (χ1n) is 13.0. The van der Waals surface area contributed by atoms with Crippen LogP contribution >= 0.6 is 0 Å². The molecule has 1 atom stereocenters. The molecule has 1 aliphatic heterocycles. The van der Waals surface area contributed by atoms with Crippen LogP contribution in [-0.4, -0.2) is 75.3 Å². The second-order valence-electron chi connectivity index (χ2n) is 11.2. The number of anilines is 2. The van der Waals surface area contributed by atoms with Crippen molar-refractivity contribution in [1.29, 1.82) is 0 Å². The van der Waals surface area contributed by atoms with Crippen LogP contribution in [0, 0.1) is 15.5 Å². The molecular formula is C26H38N6O7. The quantitative estimate of drug-likeness (QED) is 0.247. The van der Waals surface area contributed by atoms with Gasteiger partial charge in [0, 0.05) is 25.0 Å². The number of ether oxygens (including phenoxy) is 2. The standard InChI is InChI=1S/C26H38N6O7/c1-6-7-12-38-23-28-21(27)20(32(36)37)22(29-23)31(15-19(33)34)16-26(5)10-8-18-14-30(11-9-17(18)13-26)24(35)39-25(2,3)4/h8,10H,6-7,9,11-16H2,1-5H3,(H,33,34)(H2,27,28,29). The molecule has 2 heterocycles. The van der Waals surface area contributed by atoms with E-state index in [-0.39, 0.29) is 24.5 Å². The number of nitrogens with zero attached hydrogens (tertiary/aromatic N) is 5. The predicted octanol–water partition coefficient (Wildman–Crippen LogP) is 3.94. The Balaban J connectivity index is 1.86.